The summed E-state index contributed by atoms with van der Waals surface area (Å²) in [5.41, 5.74) is 6.25. The average molecular weight is 354 g/mol. The van der Waals surface area contributed by atoms with Crippen LogP contribution in [0, 0.1) is 0 Å². The molecule has 2 rings (SSSR count). The van der Waals surface area contributed by atoms with Crippen LogP contribution in [0.3, 0.4) is 0 Å². The molecule has 1 amide bonds. The van der Waals surface area contributed by atoms with Gasteiger partial charge in [-0.1, -0.05) is 29.3 Å². The van der Waals surface area contributed by atoms with E-state index in [-0.39, 0.29) is 18.3 Å². The highest BCUT2D eigenvalue weighted by Crippen LogP contribution is 2.21. The van der Waals surface area contributed by atoms with Gasteiger partial charge in [0.05, 0.1) is 5.54 Å². The monoisotopic (exact) mass is 352 g/mol. The van der Waals surface area contributed by atoms with Crippen LogP contribution in [-0.2, 0) is 16.0 Å². The summed E-state index contributed by atoms with van der Waals surface area (Å²) in [5, 5.41) is 4.09. The van der Waals surface area contributed by atoms with Crippen molar-refractivity contribution in [2.45, 2.75) is 24.8 Å². The average Bonchev–Trinajstić information content (AvgIpc) is 2.42. The number of benzene rings is 1. The van der Waals surface area contributed by atoms with E-state index in [1.54, 1.807) is 12.1 Å². The number of halogens is 3. The zero-order valence-electron chi connectivity index (χ0n) is 11.5. The molecule has 0 spiro atoms. The van der Waals surface area contributed by atoms with Gasteiger partial charge in [0.1, 0.15) is 0 Å². The Hall–Kier alpha value is -0.520. The molecule has 0 unspecified atom stereocenters. The second-order valence-corrected chi connectivity index (χ2v) is 5.85. The number of hydrogen-bond acceptors (Lipinski definition) is 3. The topological polar surface area (TPSA) is 64.4 Å². The third kappa shape index (κ3) is 5.01. The fourth-order valence-electron chi connectivity index (χ4n) is 2.17. The highest BCUT2D eigenvalue weighted by Gasteiger charge is 2.35. The number of ether oxygens (including phenoxy) is 1. The van der Waals surface area contributed by atoms with Crippen molar-refractivity contribution in [3.63, 3.8) is 0 Å². The van der Waals surface area contributed by atoms with Gasteiger partial charge in [-0.05, 0) is 37.0 Å². The number of hydrogen-bond donors (Lipinski definition) is 2. The molecule has 1 aromatic rings. The summed E-state index contributed by atoms with van der Waals surface area (Å²) in [6.45, 7) is 1.57. The molecule has 21 heavy (non-hydrogen) atoms. The van der Waals surface area contributed by atoms with Crippen LogP contribution in [0.25, 0.3) is 0 Å². The standard InChI is InChI=1S/C14H18Cl2N2O2.ClH/c15-11-2-1-10(12(16)9-11)3-6-18-13(19)14(17)4-7-20-8-5-14;/h1-2,9H,3-8,17H2,(H,18,19);1H. The predicted octanol–water partition coefficient (Wildman–Crippen LogP) is 2.58. The van der Waals surface area contributed by atoms with E-state index >= 15 is 0 Å². The van der Waals surface area contributed by atoms with Gasteiger partial charge in [0, 0.05) is 29.8 Å². The molecule has 0 atom stereocenters. The van der Waals surface area contributed by atoms with Crippen molar-refractivity contribution in [2.75, 3.05) is 19.8 Å². The van der Waals surface area contributed by atoms with Gasteiger partial charge in [0.15, 0.2) is 0 Å². The van der Waals surface area contributed by atoms with Crippen molar-refractivity contribution in [2.24, 2.45) is 5.73 Å². The largest absolute Gasteiger partial charge is 0.381 e. The number of nitrogens with one attached hydrogen (secondary N) is 1. The Morgan fingerprint density at radius 2 is 2.00 bits per heavy atom. The van der Waals surface area contributed by atoms with Crippen molar-refractivity contribution in [3.8, 4) is 0 Å². The fourth-order valence-corrected chi connectivity index (χ4v) is 2.68. The SMILES string of the molecule is Cl.NC1(C(=O)NCCc2ccc(Cl)cc2Cl)CCOCC1. The van der Waals surface area contributed by atoms with E-state index < -0.39 is 5.54 Å². The molecule has 0 bridgehead atoms. The maximum Gasteiger partial charge on any atom is 0.240 e. The minimum atomic E-state index is -0.804. The molecule has 1 aliphatic heterocycles. The van der Waals surface area contributed by atoms with Crippen molar-refractivity contribution in [1.29, 1.82) is 0 Å². The van der Waals surface area contributed by atoms with Gasteiger partial charge < -0.3 is 15.8 Å². The lowest BCUT2D eigenvalue weighted by atomic mass is 9.90. The Balaban J connectivity index is 0.00000220. The quantitative estimate of drug-likeness (QED) is 0.874. The van der Waals surface area contributed by atoms with Crippen LogP contribution in [0.1, 0.15) is 18.4 Å². The Kier molecular flexibility index (Phi) is 7.24. The fraction of sp³-hybridized carbons (Fsp3) is 0.500. The smallest absolute Gasteiger partial charge is 0.240 e. The van der Waals surface area contributed by atoms with Gasteiger partial charge in [-0.15, -0.1) is 12.4 Å². The van der Waals surface area contributed by atoms with Crippen molar-refractivity contribution in [1.82, 2.24) is 5.32 Å². The number of nitrogens with two attached hydrogens (primary N) is 1. The van der Waals surface area contributed by atoms with E-state index in [1.165, 1.54) is 0 Å². The van der Waals surface area contributed by atoms with Crippen LogP contribution in [0.4, 0.5) is 0 Å². The van der Waals surface area contributed by atoms with Crippen LogP contribution in [0.15, 0.2) is 18.2 Å². The van der Waals surface area contributed by atoms with Gasteiger partial charge in [0.2, 0.25) is 5.91 Å². The Morgan fingerprint density at radius 3 is 2.62 bits per heavy atom. The van der Waals surface area contributed by atoms with Crippen LogP contribution in [0.5, 0.6) is 0 Å². The molecule has 1 aromatic carbocycles. The zero-order chi connectivity index (χ0) is 14.6. The molecule has 0 radical (unpaired) electrons. The van der Waals surface area contributed by atoms with Gasteiger partial charge in [-0.2, -0.15) is 0 Å². The molecule has 0 aliphatic carbocycles. The lowest BCUT2D eigenvalue weighted by Crippen LogP contribution is -2.57. The highest BCUT2D eigenvalue weighted by molar-refractivity contribution is 6.35. The maximum absolute atomic E-state index is 12.1. The highest BCUT2D eigenvalue weighted by atomic mass is 35.5. The summed E-state index contributed by atoms with van der Waals surface area (Å²) in [7, 11) is 0. The Morgan fingerprint density at radius 1 is 1.33 bits per heavy atom. The second-order valence-electron chi connectivity index (χ2n) is 5.01. The summed E-state index contributed by atoms with van der Waals surface area (Å²) in [6, 6.07) is 5.35. The number of amides is 1. The summed E-state index contributed by atoms with van der Waals surface area (Å²) in [5.74, 6) is -0.120. The number of carbonyl (C=O) groups excluding carboxylic acids is 1. The van der Waals surface area contributed by atoms with Gasteiger partial charge in [-0.25, -0.2) is 0 Å². The van der Waals surface area contributed by atoms with Crippen LogP contribution in [0.2, 0.25) is 10.0 Å². The lowest BCUT2D eigenvalue weighted by Gasteiger charge is -2.31. The summed E-state index contributed by atoms with van der Waals surface area (Å²) in [6.07, 6.45) is 1.76. The number of carbonyl (C=O) groups is 1. The molecule has 0 aromatic heterocycles. The second kappa shape index (κ2) is 8.20. The molecule has 118 valence electrons. The van der Waals surface area contributed by atoms with Gasteiger partial charge in [0.25, 0.3) is 0 Å². The van der Waals surface area contributed by atoms with E-state index in [0.717, 1.165) is 5.56 Å². The first-order chi connectivity index (χ1) is 9.51. The molecule has 0 saturated carbocycles. The van der Waals surface area contributed by atoms with Crippen molar-refractivity contribution < 1.29 is 9.53 Å². The summed E-state index contributed by atoms with van der Waals surface area (Å²) < 4.78 is 5.23. The Labute approximate surface area is 140 Å². The maximum atomic E-state index is 12.1. The summed E-state index contributed by atoms with van der Waals surface area (Å²) in [4.78, 5) is 12.1. The molecule has 4 nitrogen and oxygen atoms in total. The third-order valence-corrected chi connectivity index (χ3v) is 4.12. The first-order valence-electron chi connectivity index (χ1n) is 6.60. The van der Waals surface area contributed by atoms with Crippen molar-refractivity contribution >= 4 is 41.5 Å². The molecular formula is C14H19Cl3N2O2. The van der Waals surface area contributed by atoms with Crippen LogP contribution < -0.4 is 11.1 Å². The van der Waals surface area contributed by atoms with Gasteiger partial charge in [-0.3, -0.25) is 4.79 Å². The van der Waals surface area contributed by atoms with E-state index in [0.29, 0.717) is 49.1 Å². The number of rotatable bonds is 4. The molecule has 1 fully saturated rings. The molecule has 1 aliphatic rings. The summed E-state index contributed by atoms with van der Waals surface area (Å²) >= 11 is 11.9. The molecular weight excluding hydrogens is 335 g/mol. The third-order valence-electron chi connectivity index (χ3n) is 3.53. The first kappa shape index (κ1) is 18.5. The Bertz CT molecular complexity index is 491. The normalized spacial score (nSPS) is 16.9. The van der Waals surface area contributed by atoms with E-state index in [9.17, 15) is 4.79 Å². The minimum absolute atomic E-state index is 0. The zero-order valence-corrected chi connectivity index (χ0v) is 13.9. The van der Waals surface area contributed by atoms with Crippen LogP contribution in [-0.4, -0.2) is 31.2 Å². The minimum Gasteiger partial charge on any atom is -0.381 e. The molecule has 1 heterocycles. The van der Waals surface area contributed by atoms with Crippen molar-refractivity contribution in [3.05, 3.63) is 33.8 Å². The molecule has 7 heteroatoms. The van der Waals surface area contributed by atoms with E-state index in [2.05, 4.69) is 5.32 Å². The predicted molar refractivity (Wildman–Crippen MR) is 87.4 cm³/mol. The van der Waals surface area contributed by atoms with E-state index in [4.69, 9.17) is 33.7 Å². The first-order valence-corrected chi connectivity index (χ1v) is 7.36. The van der Waals surface area contributed by atoms with Crippen LogP contribution >= 0.6 is 35.6 Å². The molecule has 1 saturated heterocycles. The molecule has 3 N–H and O–H groups in total. The van der Waals surface area contributed by atoms with Gasteiger partial charge >= 0.3 is 0 Å². The van der Waals surface area contributed by atoms with E-state index in [1.807, 2.05) is 6.07 Å². The lowest BCUT2D eigenvalue weighted by molar-refractivity contribution is -0.129.